The van der Waals surface area contributed by atoms with Crippen LogP contribution in [0.15, 0.2) is 12.1 Å². The summed E-state index contributed by atoms with van der Waals surface area (Å²) in [5.74, 6) is 0.582. The molecule has 0 bridgehead atoms. The van der Waals surface area contributed by atoms with Gasteiger partial charge in [0.1, 0.15) is 5.15 Å². The van der Waals surface area contributed by atoms with E-state index in [1.54, 1.807) is 6.07 Å². The van der Waals surface area contributed by atoms with Crippen molar-refractivity contribution in [1.29, 1.82) is 0 Å². The van der Waals surface area contributed by atoms with Crippen molar-refractivity contribution in [3.63, 3.8) is 0 Å². The minimum Gasteiger partial charge on any atom is -0.338 e. The second kappa shape index (κ2) is 5.05. The average Bonchev–Trinajstić information content (AvgIpc) is 2.28. The molecule has 0 N–H and O–H groups in total. The number of hydrogen-bond donors (Lipinski definition) is 0. The summed E-state index contributed by atoms with van der Waals surface area (Å²) in [7, 11) is 0. The van der Waals surface area contributed by atoms with Crippen LogP contribution >= 0.6 is 11.6 Å². The summed E-state index contributed by atoms with van der Waals surface area (Å²) in [4.78, 5) is 18.3. The first-order valence-corrected chi connectivity index (χ1v) is 6.38. The Morgan fingerprint density at radius 2 is 2.29 bits per heavy atom. The highest BCUT2D eigenvalue weighted by atomic mass is 35.5. The third-order valence-electron chi connectivity index (χ3n) is 3.16. The molecule has 0 spiro atoms. The van der Waals surface area contributed by atoms with Crippen molar-refractivity contribution >= 4 is 17.5 Å². The minimum atomic E-state index is 0.00838. The summed E-state index contributed by atoms with van der Waals surface area (Å²) >= 11 is 6.02. The number of amides is 1. The van der Waals surface area contributed by atoms with Gasteiger partial charge in [0.25, 0.3) is 5.91 Å². The number of rotatable bonds is 1. The van der Waals surface area contributed by atoms with Crippen LogP contribution in [0.4, 0.5) is 0 Å². The summed E-state index contributed by atoms with van der Waals surface area (Å²) in [6, 6.07) is 3.60. The highest BCUT2D eigenvalue weighted by Gasteiger charge is 2.23. The lowest BCUT2D eigenvalue weighted by atomic mass is 10.00. The van der Waals surface area contributed by atoms with Crippen LogP contribution in [0, 0.1) is 12.8 Å². The Morgan fingerprint density at radius 1 is 1.53 bits per heavy atom. The third kappa shape index (κ3) is 2.78. The number of nitrogens with zero attached hydrogens (tertiary/aromatic N) is 2. The maximum absolute atomic E-state index is 12.3. The number of aryl methyl sites for hydroxylation is 1. The molecule has 3 nitrogen and oxygen atoms in total. The van der Waals surface area contributed by atoms with E-state index in [4.69, 9.17) is 11.6 Å². The van der Waals surface area contributed by atoms with Crippen LogP contribution in [0.25, 0.3) is 0 Å². The quantitative estimate of drug-likeness (QED) is 0.720. The fourth-order valence-electron chi connectivity index (χ4n) is 2.23. The van der Waals surface area contributed by atoms with Gasteiger partial charge in [-0.3, -0.25) is 4.79 Å². The molecule has 1 aromatic heterocycles. The maximum atomic E-state index is 12.3. The molecule has 1 unspecified atom stereocenters. The Bertz CT molecular complexity index is 433. The van der Waals surface area contributed by atoms with E-state index >= 15 is 0 Å². The first-order valence-electron chi connectivity index (χ1n) is 6.00. The number of halogens is 1. The largest absolute Gasteiger partial charge is 0.338 e. The number of hydrogen-bond acceptors (Lipinski definition) is 2. The molecule has 2 heterocycles. The molecule has 0 aliphatic carbocycles. The van der Waals surface area contributed by atoms with E-state index in [-0.39, 0.29) is 5.91 Å². The van der Waals surface area contributed by atoms with Gasteiger partial charge in [-0.2, -0.15) is 0 Å². The zero-order valence-electron chi connectivity index (χ0n) is 10.2. The molecule has 2 rings (SSSR count). The second-order valence-corrected chi connectivity index (χ2v) is 5.15. The summed E-state index contributed by atoms with van der Waals surface area (Å²) in [6.45, 7) is 5.69. The van der Waals surface area contributed by atoms with Crippen LogP contribution in [0.3, 0.4) is 0 Å². The van der Waals surface area contributed by atoms with Crippen LogP contribution in [-0.4, -0.2) is 28.9 Å². The standard InChI is InChI=1S/C13H17ClN2O/c1-9-4-3-7-16(8-9)13(17)11-6-5-10(2)15-12(11)14/h5-6,9H,3-4,7-8H2,1-2H3. The molecule has 1 aromatic rings. The smallest absolute Gasteiger partial charge is 0.256 e. The van der Waals surface area contributed by atoms with Crippen molar-refractivity contribution < 1.29 is 4.79 Å². The summed E-state index contributed by atoms with van der Waals surface area (Å²) in [5.41, 5.74) is 1.35. The van der Waals surface area contributed by atoms with Gasteiger partial charge in [-0.1, -0.05) is 18.5 Å². The second-order valence-electron chi connectivity index (χ2n) is 4.79. The minimum absolute atomic E-state index is 0.00838. The Balaban J connectivity index is 2.18. The van der Waals surface area contributed by atoms with E-state index in [9.17, 15) is 4.79 Å². The van der Waals surface area contributed by atoms with Crippen LogP contribution in [0.5, 0.6) is 0 Å². The van der Waals surface area contributed by atoms with Crippen molar-refractivity contribution in [1.82, 2.24) is 9.88 Å². The van der Waals surface area contributed by atoms with Crippen LogP contribution in [0.2, 0.25) is 5.15 Å². The topological polar surface area (TPSA) is 33.2 Å². The lowest BCUT2D eigenvalue weighted by molar-refractivity contribution is 0.0683. The van der Waals surface area contributed by atoms with Crippen LogP contribution in [-0.2, 0) is 0 Å². The first-order chi connectivity index (χ1) is 8.08. The molecule has 92 valence electrons. The number of carbonyl (C=O) groups is 1. The Kier molecular flexibility index (Phi) is 3.67. The van der Waals surface area contributed by atoms with Gasteiger partial charge >= 0.3 is 0 Å². The number of pyridine rings is 1. The zero-order valence-corrected chi connectivity index (χ0v) is 11.0. The Morgan fingerprint density at radius 3 is 2.94 bits per heavy atom. The van der Waals surface area contributed by atoms with Crippen molar-refractivity contribution in [2.24, 2.45) is 5.92 Å². The van der Waals surface area contributed by atoms with E-state index in [1.165, 1.54) is 6.42 Å². The van der Waals surface area contributed by atoms with E-state index in [1.807, 2.05) is 17.9 Å². The van der Waals surface area contributed by atoms with E-state index < -0.39 is 0 Å². The lowest BCUT2D eigenvalue weighted by Gasteiger charge is -2.31. The highest BCUT2D eigenvalue weighted by Crippen LogP contribution is 2.21. The van der Waals surface area contributed by atoms with Crippen molar-refractivity contribution in [3.05, 3.63) is 28.5 Å². The fraction of sp³-hybridized carbons (Fsp3) is 0.538. The van der Waals surface area contributed by atoms with Gasteiger partial charge in [0.05, 0.1) is 5.56 Å². The van der Waals surface area contributed by atoms with E-state index in [0.29, 0.717) is 16.6 Å². The highest BCUT2D eigenvalue weighted by molar-refractivity contribution is 6.32. The van der Waals surface area contributed by atoms with Crippen molar-refractivity contribution in [2.75, 3.05) is 13.1 Å². The molecule has 0 aromatic carbocycles. The van der Waals surface area contributed by atoms with Gasteiger partial charge in [-0.15, -0.1) is 0 Å². The van der Waals surface area contributed by atoms with Gasteiger partial charge < -0.3 is 4.90 Å². The number of carbonyl (C=O) groups excluding carboxylic acids is 1. The van der Waals surface area contributed by atoms with E-state index in [2.05, 4.69) is 11.9 Å². The molecular formula is C13H17ClN2O. The molecule has 0 saturated carbocycles. The molecular weight excluding hydrogens is 236 g/mol. The van der Waals surface area contributed by atoms with E-state index in [0.717, 1.165) is 25.2 Å². The SMILES string of the molecule is Cc1ccc(C(=O)N2CCCC(C)C2)c(Cl)n1. The molecule has 4 heteroatoms. The number of likely N-dealkylation sites (tertiary alicyclic amines) is 1. The number of piperidine rings is 1. The average molecular weight is 253 g/mol. The molecule has 0 radical (unpaired) electrons. The summed E-state index contributed by atoms with van der Waals surface area (Å²) < 4.78 is 0. The van der Waals surface area contributed by atoms with Crippen LogP contribution in [0.1, 0.15) is 35.8 Å². The molecule has 1 saturated heterocycles. The maximum Gasteiger partial charge on any atom is 0.256 e. The molecule has 1 fully saturated rings. The molecule has 1 aliphatic rings. The normalized spacial score (nSPS) is 20.4. The van der Waals surface area contributed by atoms with Gasteiger partial charge in [0.15, 0.2) is 0 Å². The predicted octanol–water partition coefficient (Wildman–Crippen LogP) is 2.92. The van der Waals surface area contributed by atoms with Gasteiger partial charge in [0, 0.05) is 18.8 Å². The van der Waals surface area contributed by atoms with Gasteiger partial charge in [-0.05, 0) is 37.8 Å². The summed E-state index contributed by atoms with van der Waals surface area (Å²) in [6.07, 6.45) is 2.27. The first kappa shape index (κ1) is 12.4. The zero-order chi connectivity index (χ0) is 12.4. The number of aromatic nitrogens is 1. The molecule has 1 aliphatic heterocycles. The third-order valence-corrected chi connectivity index (χ3v) is 3.45. The lowest BCUT2D eigenvalue weighted by Crippen LogP contribution is -2.39. The van der Waals surface area contributed by atoms with Crippen LogP contribution < -0.4 is 0 Å². The van der Waals surface area contributed by atoms with Gasteiger partial charge in [0.2, 0.25) is 0 Å². The van der Waals surface area contributed by atoms with Crippen molar-refractivity contribution in [3.8, 4) is 0 Å². The molecule has 17 heavy (non-hydrogen) atoms. The predicted molar refractivity (Wildman–Crippen MR) is 68.3 cm³/mol. The Labute approximate surface area is 107 Å². The molecule has 1 amide bonds. The fourth-order valence-corrected chi connectivity index (χ4v) is 2.51. The molecule has 1 atom stereocenters. The van der Waals surface area contributed by atoms with Gasteiger partial charge in [-0.25, -0.2) is 4.98 Å². The monoisotopic (exact) mass is 252 g/mol. The van der Waals surface area contributed by atoms with Crippen molar-refractivity contribution in [2.45, 2.75) is 26.7 Å². The Hall–Kier alpha value is -1.09. The summed E-state index contributed by atoms with van der Waals surface area (Å²) in [5, 5.41) is 0.313.